The molecular formula is C10H16BNO3S. The first-order valence-corrected chi connectivity index (χ1v) is 6.27. The van der Waals surface area contributed by atoms with E-state index >= 15 is 0 Å². The number of β-amino-alcohol motifs (C(OH)–C–C–N with tert-alkyl or cyclic N) is 1. The Labute approximate surface area is 99.3 Å². The van der Waals surface area contributed by atoms with E-state index in [2.05, 4.69) is 11.8 Å². The molecule has 2 heterocycles. The highest BCUT2D eigenvalue weighted by molar-refractivity contribution is 7.22. The van der Waals surface area contributed by atoms with Gasteiger partial charge in [-0.2, -0.15) is 0 Å². The molecule has 0 aromatic carbocycles. The molecule has 0 saturated carbocycles. The summed E-state index contributed by atoms with van der Waals surface area (Å²) in [5, 5.41) is 27.5. The van der Waals surface area contributed by atoms with Gasteiger partial charge in [0, 0.05) is 28.8 Å². The van der Waals surface area contributed by atoms with Gasteiger partial charge in [0.15, 0.2) is 0 Å². The normalized spacial score (nSPS) is 23.6. The topological polar surface area (TPSA) is 63.9 Å². The third-order valence-electron chi connectivity index (χ3n) is 3.06. The Morgan fingerprint density at radius 2 is 2.25 bits per heavy atom. The van der Waals surface area contributed by atoms with Crippen molar-refractivity contribution in [3.05, 3.63) is 17.0 Å². The predicted molar refractivity (Wildman–Crippen MR) is 64.8 cm³/mol. The lowest BCUT2D eigenvalue weighted by Gasteiger charge is -2.22. The van der Waals surface area contributed by atoms with Crippen molar-refractivity contribution < 1.29 is 15.2 Å². The number of rotatable bonds is 3. The lowest BCUT2D eigenvalue weighted by atomic mass is 9.90. The van der Waals surface area contributed by atoms with Gasteiger partial charge in [-0.25, -0.2) is 0 Å². The molecule has 2 unspecified atom stereocenters. The summed E-state index contributed by atoms with van der Waals surface area (Å²) in [6.45, 7) is 3.69. The highest BCUT2D eigenvalue weighted by Gasteiger charge is 2.26. The van der Waals surface area contributed by atoms with Crippen LogP contribution in [0.3, 0.4) is 0 Å². The van der Waals surface area contributed by atoms with E-state index in [-0.39, 0.29) is 12.1 Å². The van der Waals surface area contributed by atoms with Crippen molar-refractivity contribution in [2.75, 3.05) is 13.1 Å². The molecule has 1 aromatic rings. The van der Waals surface area contributed by atoms with Gasteiger partial charge in [-0.05, 0) is 19.4 Å². The molecule has 0 amide bonds. The van der Waals surface area contributed by atoms with Crippen LogP contribution >= 0.6 is 11.3 Å². The summed E-state index contributed by atoms with van der Waals surface area (Å²) in [5.74, 6) is 0. The van der Waals surface area contributed by atoms with Gasteiger partial charge in [0.2, 0.25) is 0 Å². The molecule has 2 atom stereocenters. The third-order valence-corrected chi connectivity index (χ3v) is 4.35. The minimum absolute atomic E-state index is 0.217. The Morgan fingerprint density at radius 1 is 1.50 bits per heavy atom. The van der Waals surface area contributed by atoms with Crippen LogP contribution in [0.1, 0.15) is 24.3 Å². The van der Waals surface area contributed by atoms with Gasteiger partial charge >= 0.3 is 7.12 Å². The van der Waals surface area contributed by atoms with Crippen LogP contribution in [0, 0.1) is 0 Å². The Morgan fingerprint density at radius 3 is 2.75 bits per heavy atom. The molecule has 3 N–H and O–H groups in total. The molecule has 6 heteroatoms. The fourth-order valence-electron chi connectivity index (χ4n) is 2.03. The van der Waals surface area contributed by atoms with Crippen LogP contribution in [0.4, 0.5) is 0 Å². The van der Waals surface area contributed by atoms with Crippen LogP contribution in [0.25, 0.3) is 0 Å². The maximum Gasteiger partial charge on any atom is 0.499 e. The molecule has 16 heavy (non-hydrogen) atoms. The van der Waals surface area contributed by atoms with E-state index in [0.717, 1.165) is 17.8 Å². The van der Waals surface area contributed by atoms with Crippen molar-refractivity contribution in [1.82, 2.24) is 4.90 Å². The summed E-state index contributed by atoms with van der Waals surface area (Å²) in [4.78, 5) is 3.32. The zero-order valence-electron chi connectivity index (χ0n) is 9.21. The molecule has 2 rings (SSSR count). The van der Waals surface area contributed by atoms with Gasteiger partial charge in [-0.1, -0.05) is 6.07 Å². The fraction of sp³-hybridized carbons (Fsp3) is 0.600. The average Bonchev–Trinajstić information content (AvgIpc) is 2.84. The van der Waals surface area contributed by atoms with Crippen molar-refractivity contribution in [3.8, 4) is 0 Å². The second-order valence-electron chi connectivity index (χ2n) is 4.23. The van der Waals surface area contributed by atoms with E-state index in [1.807, 2.05) is 6.07 Å². The SMILES string of the molecule is CC(c1ccc(B(O)O)s1)N1CCC(O)C1. The van der Waals surface area contributed by atoms with Gasteiger partial charge in [-0.15, -0.1) is 11.3 Å². The predicted octanol–water partition coefficient (Wildman–Crippen LogP) is -0.445. The Bertz CT molecular complexity index is 358. The third kappa shape index (κ3) is 2.47. The second kappa shape index (κ2) is 4.85. The van der Waals surface area contributed by atoms with Gasteiger partial charge < -0.3 is 15.2 Å². The van der Waals surface area contributed by atoms with Crippen LogP contribution in [0.5, 0.6) is 0 Å². The molecule has 4 nitrogen and oxygen atoms in total. The maximum atomic E-state index is 9.47. The molecular weight excluding hydrogens is 225 g/mol. The monoisotopic (exact) mass is 241 g/mol. The molecule has 1 fully saturated rings. The lowest BCUT2D eigenvalue weighted by Crippen LogP contribution is -2.27. The highest BCUT2D eigenvalue weighted by Crippen LogP contribution is 2.27. The summed E-state index contributed by atoms with van der Waals surface area (Å²) >= 11 is 1.41. The van der Waals surface area contributed by atoms with Crippen LogP contribution in [0.15, 0.2) is 12.1 Å². The van der Waals surface area contributed by atoms with Crippen molar-refractivity contribution >= 4 is 23.2 Å². The zero-order chi connectivity index (χ0) is 11.7. The Kier molecular flexibility index (Phi) is 3.66. The Balaban J connectivity index is 2.05. The van der Waals surface area contributed by atoms with Crippen LogP contribution in [0.2, 0.25) is 0 Å². The van der Waals surface area contributed by atoms with Gasteiger partial charge in [0.05, 0.1) is 6.10 Å². The number of aliphatic hydroxyl groups is 1. The van der Waals surface area contributed by atoms with Crippen molar-refractivity contribution in [1.29, 1.82) is 0 Å². The van der Waals surface area contributed by atoms with Crippen molar-refractivity contribution in [2.24, 2.45) is 0 Å². The summed E-state index contributed by atoms with van der Waals surface area (Å²) < 4.78 is 0.571. The highest BCUT2D eigenvalue weighted by atomic mass is 32.1. The van der Waals surface area contributed by atoms with Gasteiger partial charge in [0.1, 0.15) is 0 Å². The van der Waals surface area contributed by atoms with Crippen LogP contribution in [-0.2, 0) is 0 Å². The molecule has 88 valence electrons. The van der Waals surface area contributed by atoms with Crippen LogP contribution < -0.4 is 4.78 Å². The molecule has 0 spiro atoms. The van der Waals surface area contributed by atoms with Crippen molar-refractivity contribution in [3.63, 3.8) is 0 Å². The molecule has 1 aliphatic rings. The smallest absolute Gasteiger partial charge is 0.423 e. The van der Waals surface area contributed by atoms with E-state index in [9.17, 15) is 5.11 Å². The lowest BCUT2D eigenvalue weighted by molar-refractivity contribution is 0.164. The fourth-order valence-corrected chi connectivity index (χ4v) is 3.00. The van der Waals surface area contributed by atoms with Gasteiger partial charge in [-0.3, -0.25) is 4.90 Å². The van der Waals surface area contributed by atoms with E-state index in [1.54, 1.807) is 6.07 Å². The number of nitrogens with zero attached hydrogens (tertiary/aromatic N) is 1. The zero-order valence-corrected chi connectivity index (χ0v) is 10.0. The quantitative estimate of drug-likeness (QED) is 0.627. The summed E-state index contributed by atoms with van der Waals surface area (Å²) in [7, 11) is -1.38. The van der Waals surface area contributed by atoms with Gasteiger partial charge in [0.25, 0.3) is 0 Å². The largest absolute Gasteiger partial charge is 0.499 e. The summed E-state index contributed by atoms with van der Waals surface area (Å²) in [6.07, 6.45) is 0.607. The summed E-state index contributed by atoms with van der Waals surface area (Å²) in [6, 6.07) is 3.90. The maximum absolute atomic E-state index is 9.47. The number of hydrogen-bond acceptors (Lipinski definition) is 5. The number of likely N-dealkylation sites (tertiary alicyclic amines) is 1. The standard InChI is InChI=1S/C10H16BNO3S/c1-7(12-5-4-8(13)6-12)9-2-3-10(16-9)11(14)15/h2-3,7-8,13-15H,4-6H2,1H3. The number of thiophene rings is 1. The molecule has 1 saturated heterocycles. The summed E-state index contributed by atoms with van der Waals surface area (Å²) in [5.41, 5.74) is 0. The molecule has 0 radical (unpaired) electrons. The van der Waals surface area contributed by atoms with E-state index in [4.69, 9.17) is 10.0 Å². The van der Waals surface area contributed by atoms with E-state index in [0.29, 0.717) is 11.3 Å². The van der Waals surface area contributed by atoms with Crippen LogP contribution in [-0.4, -0.2) is 46.4 Å². The first-order chi connectivity index (χ1) is 7.58. The first-order valence-electron chi connectivity index (χ1n) is 5.46. The minimum Gasteiger partial charge on any atom is -0.423 e. The second-order valence-corrected chi connectivity index (χ2v) is 5.37. The average molecular weight is 241 g/mol. The van der Waals surface area contributed by atoms with E-state index in [1.165, 1.54) is 11.3 Å². The molecule has 1 aliphatic heterocycles. The molecule has 0 bridgehead atoms. The number of hydrogen-bond donors (Lipinski definition) is 3. The molecule has 0 aliphatic carbocycles. The number of aliphatic hydroxyl groups excluding tert-OH is 1. The van der Waals surface area contributed by atoms with Crippen molar-refractivity contribution in [2.45, 2.75) is 25.5 Å². The molecule has 1 aromatic heterocycles. The minimum atomic E-state index is -1.38. The van der Waals surface area contributed by atoms with E-state index < -0.39 is 7.12 Å². The first kappa shape index (κ1) is 12.1. The Hall–Kier alpha value is -0.395.